The van der Waals surface area contributed by atoms with Gasteiger partial charge in [0.05, 0.1) is 26.4 Å². The molecule has 512 valence electrons. The molecular formula is C68H128O17P2. The quantitative estimate of drug-likeness (QED) is 0.0169. The summed E-state index contributed by atoms with van der Waals surface area (Å²) in [6, 6.07) is 0. The number of hydrogen-bond donors (Lipinski definition) is 3. The SMILES string of the molecule is CCCCCC/C=C\C=C/CCCCCCCC(=O)O[C@H](COC(=O)CCCCCCCCC(C)C)COP(=O)(O)OC[C@H](O)COP(=O)(O)OC[C@@H](COC(=O)CCCCCCCCC(C)CC)OC(=O)CCCCCCCCCCCCC(C)C. The van der Waals surface area contributed by atoms with Crippen molar-refractivity contribution in [1.29, 1.82) is 0 Å². The molecule has 0 radical (unpaired) electrons. The van der Waals surface area contributed by atoms with E-state index in [-0.39, 0.29) is 25.7 Å². The first-order chi connectivity index (χ1) is 41.8. The maximum atomic E-state index is 13.0. The van der Waals surface area contributed by atoms with Gasteiger partial charge in [0.15, 0.2) is 12.2 Å². The summed E-state index contributed by atoms with van der Waals surface area (Å²) in [6.45, 7) is 11.6. The van der Waals surface area contributed by atoms with Gasteiger partial charge in [0.1, 0.15) is 19.3 Å². The lowest BCUT2D eigenvalue weighted by Crippen LogP contribution is -2.30. The minimum Gasteiger partial charge on any atom is -0.462 e. The van der Waals surface area contributed by atoms with Gasteiger partial charge < -0.3 is 33.8 Å². The molecular weight excluding hydrogens is 1150 g/mol. The van der Waals surface area contributed by atoms with E-state index in [1.165, 1.54) is 96.3 Å². The molecule has 0 spiro atoms. The van der Waals surface area contributed by atoms with Gasteiger partial charge in [0.25, 0.3) is 0 Å². The van der Waals surface area contributed by atoms with Gasteiger partial charge in [-0.1, -0.05) is 259 Å². The maximum Gasteiger partial charge on any atom is 0.472 e. The first kappa shape index (κ1) is 84.5. The second-order valence-corrected chi connectivity index (χ2v) is 28.0. The number of phosphoric ester groups is 2. The van der Waals surface area contributed by atoms with Crippen molar-refractivity contribution in [1.82, 2.24) is 0 Å². The molecule has 3 unspecified atom stereocenters. The van der Waals surface area contributed by atoms with Crippen LogP contribution in [0.5, 0.6) is 0 Å². The van der Waals surface area contributed by atoms with Gasteiger partial charge in [-0.3, -0.25) is 37.3 Å². The summed E-state index contributed by atoms with van der Waals surface area (Å²) in [5.74, 6) is -0.00826. The zero-order valence-corrected chi connectivity index (χ0v) is 57.7. The number of ether oxygens (including phenoxy) is 4. The number of aliphatic hydroxyl groups is 1. The molecule has 3 N–H and O–H groups in total. The number of aliphatic hydroxyl groups excluding tert-OH is 1. The summed E-state index contributed by atoms with van der Waals surface area (Å²) in [4.78, 5) is 72.4. The first-order valence-electron chi connectivity index (χ1n) is 34.7. The average Bonchev–Trinajstić information content (AvgIpc) is 3.70. The van der Waals surface area contributed by atoms with E-state index in [4.69, 9.17) is 37.0 Å². The van der Waals surface area contributed by atoms with Gasteiger partial charge in [-0.25, -0.2) is 9.13 Å². The van der Waals surface area contributed by atoms with Gasteiger partial charge in [-0.2, -0.15) is 0 Å². The summed E-state index contributed by atoms with van der Waals surface area (Å²) in [6.07, 6.45) is 44.1. The maximum absolute atomic E-state index is 13.0. The predicted molar refractivity (Wildman–Crippen MR) is 349 cm³/mol. The van der Waals surface area contributed by atoms with Gasteiger partial charge in [-0.05, 0) is 69.1 Å². The molecule has 0 aromatic heterocycles. The molecule has 0 aromatic rings. The van der Waals surface area contributed by atoms with Crippen LogP contribution in [0.25, 0.3) is 0 Å². The molecule has 87 heavy (non-hydrogen) atoms. The van der Waals surface area contributed by atoms with Crippen LogP contribution >= 0.6 is 15.6 Å². The van der Waals surface area contributed by atoms with E-state index in [1.54, 1.807) is 0 Å². The fraction of sp³-hybridized carbons (Fsp3) is 0.882. The second kappa shape index (κ2) is 58.6. The van der Waals surface area contributed by atoms with E-state index >= 15 is 0 Å². The highest BCUT2D eigenvalue weighted by Gasteiger charge is 2.30. The number of carbonyl (C=O) groups excluding carboxylic acids is 4. The van der Waals surface area contributed by atoms with Crippen LogP contribution < -0.4 is 0 Å². The Morgan fingerprint density at radius 3 is 1.02 bits per heavy atom. The van der Waals surface area contributed by atoms with Crippen molar-refractivity contribution in [2.75, 3.05) is 39.6 Å². The minimum atomic E-state index is -4.96. The van der Waals surface area contributed by atoms with Crippen LogP contribution in [-0.2, 0) is 65.4 Å². The number of hydrogen-bond acceptors (Lipinski definition) is 15. The summed E-state index contributed by atoms with van der Waals surface area (Å²) in [7, 11) is -9.91. The fourth-order valence-electron chi connectivity index (χ4n) is 9.61. The molecule has 0 saturated carbocycles. The normalized spacial score (nSPS) is 14.8. The Kier molecular flexibility index (Phi) is 57.0. The zero-order valence-electron chi connectivity index (χ0n) is 56.0. The van der Waals surface area contributed by atoms with Crippen molar-refractivity contribution in [2.45, 2.75) is 330 Å². The summed E-state index contributed by atoms with van der Waals surface area (Å²) >= 11 is 0. The molecule has 0 saturated heterocycles. The Morgan fingerprint density at radius 2 is 0.678 bits per heavy atom. The van der Waals surface area contributed by atoms with Crippen LogP contribution in [0.2, 0.25) is 0 Å². The highest BCUT2D eigenvalue weighted by molar-refractivity contribution is 7.47. The fourth-order valence-corrected chi connectivity index (χ4v) is 11.2. The Morgan fingerprint density at radius 1 is 0.379 bits per heavy atom. The molecule has 0 aliphatic rings. The molecule has 17 nitrogen and oxygen atoms in total. The number of esters is 4. The summed E-state index contributed by atoms with van der Waals surface area (Å²) in [5.41, 5.74) is 0. The molecule has 0 heterocycles. The van der Waals surface area contributed by atoms with Crippen molar-refractivity contribution in [3.8, 4) is 0 Å². The Hall–Kier alpha value is -2.46. The lowest BCUT2D eigenvalue weighted by Gasteiger charge is -2.21. The van der Waals surface area contributed by atoms with Crippen molar-refractivity contribution in [2.24, 2.45) is 17.8 Å². The van der Waals surface area contributed by atoms with Crippen LogP contribution in [0.15, 0.2) is 24.3 Å². The molecule has 6 atom stereocenters. The van der Waals surface area contributed by atoms with Gasteiger partial charge in [-0.15, -0.1) is 0 Å². The number of rotatable bonds is 64. The Labute approximate surface area is 529 Å². The van der Waals surface area contributed by atoms with Crippen molar-refractivity contribution in [3.05, 3.63) is 24.3 Å². The Balaban J connectivity index is 5.28. The molecule has 0 aliphatic heterocycles. The number of phosphoric acid groups is 2. The van der Waals surface area contributed by atoms with Crippen molar-refractivity contribution in [3.63, 3.8) is 0 Å². The molecule has 19 heteroatoms. The van der Waals surface area contributed by atoms with Crippen LogP contribution in [0.1, 0.15) is 312 Å². The van der Waals surface area contributed by atoms with Crippen LogP contribution in [0.3, 0.4) is 0 Å². The molecule has 0 aromatic carbocycles. The lowest BCUT2D eigenvalue weighted by molar-refractivity contribution is -0.161. The van der Waals surface area contributed by atoms with Crippen LogP contribution in [0.4, 0.5) is 0 Å². The standard InChI is InChI=1S/C68H128O17P2/c1-8-10-11-12-13-14-15-16-17-18-19-23-26-37-44-51-67(72)84-63(55-78-65(70)49-42-35-30-28-33-40-47-60(5)6)57-82-86(74,75)80-53-62(69)54-81-87(76,77)83-58-64(56-79-66(71)50-43-36-31-29-34-41-48-61(7)9-2)85-68(73)52-45-38-27-24-21-20-22-25-32-39-46-59(3)4/h14-17,59-64,69H,8-13,18-58H2,1-7H3,(H,74,75)(H,76,77)/b15-14-,17-16-/t61?,62-,63+,64+/m0/s1. The largest absolute Gasteiger partial charge is 0.472 e. The number of unbranched alkanes of at least 4 members (excludes halogenated alkanes) is 28. The van der Waals surface area contributed by atoms with Crippen LogP contribution in [0, 0.1) is 17.8 Å². The molecule has 0 fully saturated rings. The van der Waals surface area contributed by atoms with E-state index in [0.29, 0.717) is 31.6 Å². The summed E-state index contributed by atoms with van der Waals surface area (Å²) in [5, 5.41) is 10.6. The van der Waals surface area contributed by atoms with E-state index in [0.717, 1.165) is 127 Å². The molecule has 0 bridgehead atoms. The first-order valence-corrected chi connectivity index (χ1v) is 37.7. The van der Waals surface area contributed by atoms with E-state index < -0.39 is 97.5 Å². The Bertz CT molecular complexity index is 1810. The third-order valence-electron chi connectivity index (χ3n) is 15.4. The summed E-state index contributed by atoms with van der Waals surface area (Å²) < 4.78 is 68.1. The number of allylic oxidation sites excluding steroid dienone is 4. The monoisotopic (exact) mass is 1280 g/mol. The van der Waals surface area contributed by atoms with Gasteiger partial charge in [0, 0.05) is 25.7 Å². The minimum absolute atomic E-state index is 0.0833. The number of carbonyl (C=O) groups is 4. The van der Waals surface area contributed by atoms with E-state index in [1.807, 2.05) is 0 Å². The molecule has 0 aliphatic carbocycles. The second-order valence-electron chi connectivity index (χ2n) is 25.1. The predicted octanol–water partition coefficient (Wildman–Crippen LogP) is 18.6. The topological polar surface area (TPSA) is 237 Å². The van der Waals surface area contributed by atoms with Crippen molar-refractivity contribution >= 4 is 39.5 Å². The average molecular weight is 1280 g/mol. The zero-order chi connectivity index (χ0) is 64.5. The third kappa shape index (κ3) is 60.9. The highest BCUT2D eigenvalue weighted by Crippen LogP contribution is 2.45. The van der Waals surface area contributed by atoms with Gasteiger partial charge >= 0.3 is 39.5 Å². The lowest BCUT2D eigenvalue weighted by atomic mass is 10.00. The van der Waals surface area contributed by atoms with Gasteiger partial charge in [0.2, 0.25) is 0 Å². The van der Waals surface area contributed by atoms with E-state index in [9.17, 15) is 43.2 Å². The smallest absolute Gasteiger partial charge is 0.462 e. The third-order valence-corrected chi connectivity index (χ3v) is 17.3. The molecule has 0 amide bonds. The van der Waals surface area contributed by atoms with Crippen molar-refractivity contribution < 1.29 is 80.2 Å². The highest BCUT2D eigenvalue weighted by atomic mass is 31.2. The van der Waals surface area contributed by atoms with E-state index in [2.05, 4.69) is 72.8 Å². The van der Waals surface area contributed by atoms with Crippen LogP contribution in [-0.4, -0.2) is 96.7 Å². The molecule has 0 rings (SSSR count).